The highest BCUT2D eigenvalue weighted by Crippen LogP contribution is 2.60. The predicted octanol–water partition coefficient (Wildman–Crippen LogP) is 2.46. The second-order valence-electron chi connectivity index (χ2n) is 10.8. The lowest BCUT2D eigenvalue weighted by molar-refractivity contribution is -0.156. The zero-order valence-electron chi connectivity index (χ0n) is 17.3. The summed E-state index contributed by atoms with van der Waals surface area (Å²) in [6.07, 6.45) is 11.2. The Morgan fingerprint density at radius 3 is 2.28 bits per heavy atom. The Morgan fingerprint density at radius 1 is 1.07 bits per heavy atom. The van der Waals surface area contributed by atoms with E-state index in [0.717, 1.165) is 55.6 Å². The number of likely N-dealkylation sites (tertiary alicyclic amines) is 1. The molecule has 1 aromatic rings. The van der Waals surface area contributed by atoms with Gasteiger partial charge in [-0.1, -0.05) is 0 Å². The van der Waals surface area contributed by atoms with Crippen molar-refractivity contribution in [3.8, 4) is 0 Å². The molecule has 5 aliphatic carbocycles. The standard InChI is InChI=1S/C23H32N4O2/c1-26-20(4-5-24-26)18-12-27(13-19(18)25-21(28)17-2-3-17)22(29)23-9-14-6-15(10-23)8-16(7-14)11-23/h4-5,14-19H,2-3,6-13H2,1H3,(H,25,28)/t14?,15?,16?,18-,19-,23?/m1/s1. The summed E-state index contributed by atoms with van der Waals surface area (Å²) in [5.74, 6) is 3.18. The highest BCUT2D eigenvalue weighted by atomic mass is 16.2. The zero-order chi connectivity index (χ0) is 19.8. The average Bonchev–Trinajstić information content (AvgIpc) is 3.33. The quantitative estimate of drug-likeness (QED) is 0.850. The van der Waals surface area contributed by atoms with Crippen molar-refractivity contribution >= 4 is 11.8 Å². The van der Waals surface area contributed by atoms with Crippen molar-refractivity contribution in [3.63, 3.8) is 0 Å². The molecule has 1 aliphatic heterocycles. The fraction of sp³-hybridized carbons (Fsp3) is 0.783. The molecule has 0 spiro atoms. The van der Waals surface area contributed by atoms with Crippen LogP contribution in [0.2, 0.25) is 0 Å². The molecule has 2 atom stereocenters. The van der Waals surface area contributed by atoms with E-state index in [4.69, 9.17) is 0 Å². The summed E-state index contributed by atoms with van der Waals surface area (Å²) in [5, 5.41) is 7.64. The summed E-state index contributed by atoms with van der Waals surface area (Å²) in [4.78, 5) is 28.5. The van der Waals surface area contributed by atoms with Gasteiger partial charge in [0.05, 0.1) is 11.5 Å². The molecular weight excluding hydrogens is 364 g/mol. The van der Waals surface area contributed by atoms with E-state index < -0.39 is 0 Å². The normalized spacial score (nSPS) is 40.4. The van der Waals surface area contributed by atoms with Crippen molar-refractivity contribution in [1.29, 1.82) is 0 Å². The Hall–Kier alpha value is -1.85. The van der Waals surface area contributed by atoms with Crippen molar-refractivity contribution in [2.45, 2.75) is 63.3 Å². The molecule has 1 aromatic heterocycles. The first-order chi connectivity index (χ1) is 14.0. The monoisotopic (exact) mass is 396 g/mol. The van der Waals surface area contributed by atoms with Gasteiger partial charge in [0.25, 0.3) is 0 Å². The van der Waals surface area contributed by atoms with E-state index in [2.05, 4.69) is 15.3 Å². The van der Waals surface area contributed by atoms with Gasteiger partial charge in [-0.25, -0.2) is 0 Å². The van der Waals surface area contributed by atoms with Crippen LogP contribution in [-0.4, -0.2) is 45.6 Å². The number of amides is 2. The third-order valence-corrected chi connectivity index (χ3v) is 8.61. The zero-order valence-corrected chi connectivity index (χ0v) is 17.3. The lowest BCUT2D eigenvalue weighted by Gasteiger charge is -2.56. The molecule has 0 unspecified atom stereocenters. The summed E-state index contributed by atoms with van der Waals surface area (Å²) in [6.45, 7) is 1.35. The van der Waals surface area contributed by atoms with Crippen molar-refractivity contribution in [2.75, 3.05) is 13.1 Å². The average molecular weight is 397 g/mol. The lowest BCUT2D eigenvalue weighted by atomic mass is 9.49. The summed E-state index contributed by atoms with van der Waals surface area (Å²) < 4.78 is 1.90. The van der Waals surface area contributed by atoms with Gasteiger partial charge >= 0.3 is 0 Å². The van der Waals surface area contributed by atoms with Gasteiger partial charge in [-0.15, -0.1) is 0 Å². The van der Waals surface area contributed by atoms with Crippen molar-refractivity contribution in [1.82, 2.24) is 20.0 Å². The van der Waals surface area contributed by atoms with Crippen LogP contribution in [0.15, 0.2) is 12.3 Å². The van der Waals surface area contributed by atoms with E-state index in [-0.39, 0.29) is 29.2 Å². The van der Waals surface area contributed by atoms with E-state index in [9.17, 15) is 9.59 Å². The van der Waals surface area contributed by atoms with Crippen molar-refractivity contribution in [2.24, 2.45) is 36.1 Å². The number of nitrogens with zero attached hydrogens (tertiary/aromatic N) is 3. The van der Waals surface area contributed by atoms with Gasteiger partial charge in [0.2, 0.25) is 11.8 Å². The van der Waals surface area contributed by atoms with Crippen LogP contribution in [0.5, 0.6) is 0 Å². The molecule has 0 radical (unpaired) electrons. The van der Waals surface area contributed by atoms with Crippen LogP contribution in [0, 0.1) is 29.1 Å². The largest absolute Gasteiger partial charge is 0.351 e. The van der Waals surface area contributed by atoms with Gasteiger partial charge in [-0.05, 0) is 75.2 Å². The maximum atomic E-state index is 13.9. The second kappa shape index (κ2) is 6.32. The van der Waals surface area contributed by atoms with Crippen LogP contribution in [-0.2, 0) is 16.6 Å². The Labute approximate surface area is 172 Å². The number of nitrogens with one attached hydrogen (secondary N) is 1. The molecule has 6 heteroatoms. The summed E-state index contributed by atoms with van der Waals surface area (Å²) >= 11 is 0. The molecule has 1 N–H and O–H groups in total. The van der Waals surface area contributed by atoms with Crippen LogP contribution in [0.1, 0.15) is 63.0 Å². The van der Waals surface area contributed by atoms with E-state index in [1.165, 1.54) is 19.3 Å². The third-order valence-electron chi connectivity index (χ3n) is 8.61. The molecule has 2 heterocycles. The Bertz CT molecular complexity index is 806. The number of carbonyl (C=O) groups is 2. The molecule has 4 bridgehead atoms. The van der Waals surface area contributed by atoms with E-state index in [1.54, 1.807) is 0 Å². The van der Waals surface area contributed by atoms with E-state index >= 15 is 0 Å². The molecule has 1 saturated heterocycles. The highest BCUT2D eigenvalue weighted by Gasteiger charge is 2.56. The Morgan fingerprint density at radius 2 is 1.72 bits per heavy atom. The van der Waals surface area contributed by atoms with E-state index in [0.29, 0.717) is 19.0 Å². The molecule has 156 valence electrons. The number of carbonyl (C=O) groups excluding carboxylic acids is 2. The molecule has 6 fully saturated rings. The Kier molecular flexibility index (Phi) is 3.92. The fourth-order valence-corrected chi connectivity index (χ4v) is 7.52. The van der Waals surface area contributed by atoms with Crippen molar-refractivity contribution < 1.29 is 9.59 Å². The summed E-state index contributed by atoms with van der Waals surface area (Å²) in [7, 11) is 1.96. The minimum Gasteiger partial charge on any atom is -0.351 e. The first-order valence-corrected chi connectivity index (χ1v) is 11.6. The van der Waals surface area contributed by atoms with Crippen LogP contribution in [0.4, 0.5) is 0 Å². The Balaban J connectivity index is 1.25. The van der Waals surface area contributed by atoms with Gasteiger partial charge in [0.1, 0.15) is 0 Å². The summed E-state index contributed by atoms with van der Waals surface area (Å²) in [5.41, 5.74) is 1.01. The second-order valence-corrected chi connectivity index (χ2v) is 10.8. The first kappa shape index (κ1) is 18.0. The fourth-order valence-electron chi connectivity index (χ4n) is 7.52. The molecule has 2 amide bonds. The van der Waals surface area contributed by atoms with Crippen LogP contribution >= 0.6 is 0 Å². The SMILES string of the molecule is Cn1nccc1[C@@H]1CN(C(=O)C23CC4CC(CC(C4)C2)C3)C[C@H]1NC(=O)C1CC1. The van der Waals surface area contributed by atoms with Crippen molar-refractivity contribution in [3.05, 3.63) is 18.0 Å². The lowest BCUT2D eigenvalue weighted by Crippen LogP contribution is -2.54. The smallest absolute Gasteiger partial charge is 0.228 e. The molecular formula is C23H32N4O2. The molecule has 6 aliphatic rings. The van der Waals surface area contributed by atoms with Gasteiger partial charge in [0.15, 0.2) is 0 Å². The van der Waals surface area contributed by atoms with Gasteiger partial charge in [-0.3, -0.25) is 14.3 Å². The molecule has 29 heavy (non-hydrogen) atoms. The van der Waals surface area contributed by atoms with Gasteiger partial charge in [-0.2, -0.15) is 5.10 Å². The maximum absolute atomic E-state index is 13.9. The molecule has 6 nitrogen and oxygen atoms in total. The summed E-state index contributed by atoms with van der Waals surface area (Å²) in [6, 6.07) is 2.04. The molecule has 0 aromatic carbocycles. The number of hydrogen-bond donors (Lipinski definition) is 1. The number of hydrogen-bond acceptors (Lipinski definition) is 3. The minimum absolute atomic E-state index is 0.00337. The van der Waals surface area contributed by atoms with E-state index in [1.807, 2.05) is 24.0 Å². The van der Waals surface area contributed by atoms with Crippen LogP contribution < -0.4 is 5.32 Å². The van der Waals surface area contributed by atoms with Crippen LogP contribution in [0.3, 0.4) is 0 Å². The topological polar surface area (TPSA) is 67.2 Å². The van der Waals surface area contributed by atoms with Gasteiger partial charge in [0, 0.05) is 43.9 Å². The van der Waals surface area contributed by atoms with Gasteiger partial charge < -0.3 is 10.2 Å². The first-order valence-electron chi connectivity index (χ1n) is 11.6. The number of aromatic nitrogens is 2. The molecule has 7 rings (SSSR count). The third kappa shape index (κ3) is 2.93. The highest BCUT2D eigenvalue weighted by molar-refractivity contribution is 5.84. The number of rotatable bonds is 4. The van der Waals surface area contributed by atoms with Crippen LogP contribution in [0.25, 0.3) is 0 Å². The minimum atomic E-state index is -0.110. The maximum Gasteiger partial charge on any atom is 0.228 e. The predicted molar refractivity (Wildman–Crippen MR) is 108 cm³/mol. The number of aryl methyl sites for hydroxylation is 1. The molecule has 5 saturated carbocycles.